The number of benzene rings is 1. The summed E-state index contributed by atoms with van der Waals surface area (Å²) in [5, 5.41) is 7.31. The molecule has 0 saturated carbocycles. The molecule has 1 aromatic rings. The van der Waals surface area contributed by atoms with Crippen molar-refractivity contribution in [2.24, 2.45) is 5.73 Å². The van der Waals surface area contributed by atoms with Crippen LogP contribution >= 0.6 is 0 Å². The van der Waals surface area contributed by atoms with Gasteiger partial charge in [-0.1, -0.05) is 0 Å². The summed E-state index contributed by atoms with van der Waals surface area (Å²) in [5.41, 5.74) is 6.41. The summed E-state index contributed by atoms with van der Waals surface area (Å²) in [4.78, 5) is 4.30. The van der Waals surface area contributed by atoms with E-state index in [1.807, 2.05) is 0 Å². The maximum atomic E-state index is 14.0. The quantitative estimate of drug-likeness (QED) is 0.644. The Morgan fingerprint density at radius 3 is 2.47 bits per heavy atom. The predicted octanol–water partition coefficient (Wildman–Crippen LogP) is 1.64. The van der Waals surface area contributed by atoms with Crippen LogP contribution in [0.2, 0.25) is 0 Å². The Morgan fingerprint density at radius 1 is 1.37 bits per heavy atom. The molecule has 1 fully saturated rings. The van der Waals surface area contributed by atoms with Gasteiger partial charge in [-0.3, -0.25) is 5.41 Å². The molecule has 0 amide bonds. The SMILES string of the molecule is CN(C)C1CCN(c2ccc(C(=N)N)cc2F)CC1. The first kappa shape index (κ1) is 13.8. The van der Waals surface area contributed by atoms with Crippen molar-refractivity contribution >= 4 is 11.5 Å². The first-order chi connectivity index (χ1) is 8.99. The molecule has 3 N–H and O–H groups in total. The molecule has 19 heavy (non-hydrogen) atoms. The molecule has 2 rings (SSSR count). The smallest absolute Gasteiger partial charge is 0.147 e. The van der Waals surface area contributed by atoms with E-state index in [0.29, 0.717) is 17.3 Å². The molecule has 4 nitrogen and oxygen atoms in total. The maximum Gasteiger partial charge on any atom is 0.147 e. The van der Waals surface area contributed by atoms with Gasteiger partial charge in [0.05, 0.1) is 5.69 Å². The fourth-order valence-corrected chi connectivity index (χ4v) is 2.55. The predicted molar refractivity (Wildman–Crippen MR) is 76.3 cm³/mol. The van der Waals surface area contributed by atoms with Crippen molar-refractivity contribution in [1.29, 1.82) is 5.41 Å². The van der Waals surface area contributed by atoms with E-state index in [1.54, 1.807) is 12.1 Å². The zero-order valence-corrected chi connectivity index (χ0v) is 11.5. The van der Waals surface area contributed by atoms with E-state index in [-0.39, 0.29) is 11.7 Å². The first-order valence-electron chi connectivity index (χ1n) is 6.54. The summed E-state index contributed by atoms with van der Waals surface area (Å²) >= 11 is 0. The van der Waals surface area contributed by atoms with Crippen LogP contribution in [0.3, 0.4) is 0 Å². The summed E-state index contributed by atoms with van der Waals surface area (Å²) < 4.78 is 14.0. The zero-order valence-electron chi connectivity index (χ0n) is 11.5. The molecule has 0 unspecified atom stereocenters. The van der Waals surface area contributed by atoms with Crippen LogP contribution in [0.1, 0.15) is 18.4 Å². The van der Waals surface area contributed by atoms with Crippen molar-refractivity contribution in [1.82, 2.24) is 4.90 Å². The van der Waals surface area contributed by atoms with Crippen LogP contribution in [0.25, 0.3) is 0 Å². The fourth-order valence-electron chi connectivity index (χ4n) is 2.55. The molecule has 0 aromatic heterocycles. The maximum absolute atomic E-state index is 14.0. The Kier molecular flexibility index (Phi) is 4.04. The number of nitrogen functional groups attached to an aromatic ring is 1. The van der Waals surface area contributed by atoms with Gasteiger partial charge in [-0.15, -0.1) is 0 Å². The Hall–Kier alpha value is -1.62. The van der Waals surface area contributed by atoms with Gasteiger partial charge in [0.2, 0.25) is 0 Å². The Morgan fingerprint density at radius 2 is 2.00 bits per heavy atom. The number of anilines is 1. The highest BCUT2D eigenvalue weighted by molar-refractivity contribution is 5.95. The van der Waals surface area contributed by atoms with E-state index >= 15 is 0 Å². The number of nitrogens with one attached hydrogen (secondary N) is 1. The number of hydrogen-bond donors (Lipinski definition) is 2. The summed E-state index contributed by atoms with van der Waals surface area (Å²) in [6, 6.07) is 5.35. The minimum absolute atomic E-state index is 0.100. The number of amidine groups is 1. The Labute approximate surface area is 113 Å². The van der Waals surface area contributed by atoms with Gasteiger partial charge in [-0.05, 0) is 45.1 Å². The van der Waals surface area contributed by atoms with Gasteiger partial charge in [0, 0.05) is 24.7 Å². The average Bonchev–Trinajstić information content (AvgIpc) is 2.38. The van der Waals surface area contributed by atoms with Crippen LogP contribution in [0.5, 0.6) is 0 Å². The van der Waals surface area contributed by atoms with Crippen molar-refractivity contribution in [3.05, 3.63) is 29.6 Å². The van der Waals surface area contributed by atoms with Crippen molar-refractivity contribution in [2.75, 3.05) is 32.1 Å². The van der Waals surface area contributed by atoms with Gasteiger partial charge < -0.3 is 15.5 Å². The van der Waals surface area contributed by atoms with E-state index in [2.05, 4.69) is 23.9 Å². The van der Waals surface area contributed by atoms with Crippen molar-refractivity contribution in [3.8, 4) is 0 Å². The third-order valence-electron chi connectivity index (χ3n) is 3.79. The van der Waals surface area contributed by atoms with Crippen LogP contribution in [0.15, 0.2) is 18.2 Å². The zero-order chi connectivity index (χ0) is 14.0. The van der Waals surface area contributed by atoms with Gasteiger partial charge in [0.25, 0.3) is 0 Å². The highest BCUT2D eigenvalue weighted by Gasteiger charge is 2.22. The monoisotopic (exact) mass is 264 g/mol. The number of piperidine rings is 1. The van der Waals surface area contributed by atoms with Crippen LogP contribution in [-0.4, -0.2) is 44.0 Å². The summed E-state index contributed by atoms with van der Waals surface area (Å²) in [6.45, 7) is 1.72. The van der Waals surface area contributed by atoms with E-state index in [9.17, 15) is 4.39 Å². The molecule has 0 aliphatic carbocycles. The highest BCUT2D eigenvalue weighted by Crippen LogP contribution is 2.25. The van der Waals surface area contributed by atoms with E-state index in [0.717, 1.165) is 25.9 Å². The number of nitrogens with zero attached hydrogens (tertiary/aromatic N) is 2. The van der Waals surface area contributed by atoms with Gasteiger partial charge in [-0.25, -0.2) is 4.39 Å². The van der Waals surface area contributed by atoms with E-state index < -0.39 is 0 Å². The summed E-state index contributed by atoms with van der Waals surface area (Å²) in [7, 11) is 4.17. The molecule has 1 saturated heterocycles. The van der Waals surface area contributed by atoms with Crippen LogP contribution in [0.4, 0.5) is 10.1 Å². The standard InChI is InChI=1S/C14H21FN4/c1-18(2)11-5-7-19(8-6-11)13-4-3-10(14(16)17)9-12(13)15/h3-4,9,11H,5-8H2,1-2H3,(H3,16,17). The van der Waals surface area contributed by atoms with Gasteiger partial charge >= 0.3 is 0 Å². The second-order valence-electron chi connectivity index (χ2n) is 5.26. The lowest BCUT2D eigenvalue weighted by atomic mass is 10.0. The molecule has 1 aromatic carbocycles. The third-order valence-corrected chi connectivity index (χ3v) is 3.79. The number of rotatable bonds is 3. The van der Waals surface area contributed by atoms with E-state index in [1.165, 1.54) is 6.07 Å². The lowest BCUT2D eigenvalue weighted by molar-refractivity contribution is 0.249. The fraction of sp³-hybridized carbons (Fsp3) is 0.500. The normalized spacial score (nSPS) is 16.9. The van der Waals surface area contributed by atoms with Gasteiger partial charge in [-0.2, -0.15) is 0 Å². The minimum Gasteiger partial charge on any atom is -0.384 e. The largest absolute Gasteiger partial charge is 0.384 e. The molecule has 1 aliphatic rings. The van der Waals surface area contributed by atoms with Gasteiger partial charge in [0.15, 0.2) is 0 Å². The third kappa shape index (κ3) is 3.04. The van der Waals surface area contributed by atoms with Crippen LogP contribution in [-0.2, 0) is 0 Å². The molecule has 104 valence electrons. The topological polar surface area (TPSA) is 56.4 Å². The van der Waals surface area contributed by atoms with Crippen molar-refractivity contribution in [3.63, 3.8) is 0 Å². The molecule has 5 heteroatoms. The van der Waals surface area contributed by atoms with Crippen LogP contribution < -0.4 is 10.6 Å². The molecule has 0 spiro atoms. The van der Waals surface area contributed by atoms with Gasteiger partial charge in [0.1, 0.15) is 11.7 Å². The molecule has 1 aliphatic heterocycles. The van der Waals surface area contributed by atoms with Crippen LogP contribution in [0, 0.1) is 11.2 Å². The minimum atomic E-state index is -0.295. The van der Waals surface area contributed by atoms with E-state index in [4.69, 9.17) is 11.1 Å². The average molecular weight is 264 g/mol. The van der Waals surface area contributed by atoms with Crippen molar-refractivity contribution < 1.29 is 4.39 Å². The molecule has 0 radical (unpaired) electrons. The Balaban J connectivity index is 2.09. The lowest BCUT2D eigenvalue weighted by Crippen LogP contribution is -2.42. The lowest BCUT2D eigenvalue weighted by Gasteiger charge is -2.36. The second kappa shape index (κ2) is 5.57. The first-order valence-corrected chi connectivity index (χ1v) is 6.54. The van der Waals surface area contributed by atoms with Crippen molar-refractivity contribution in [2.45, 2.75) is 18.9 Å². The second-order valence-corrected chi connectivity index (χ2v) is 5.26. The number of hydrogen-bond acceptors (Lipinski definition) is 3. The molecule has 1 heterocycles. The molecule has 0 atom stereocenters. The summed E-state index contributed by atoms with van der Waals surface area (Å²) in [5.74, 6) is -0.396. The number of halogens is 1. The highest BCUT2D eigenvalue weighted by atomic mass is 19.1. The molecular weight excluding hydrogens is 243 g/mol. The molecular formula is C14H21FN4. The number of nitrogens with two attached hydrogens (primary N) is 1. The Bertz CT molecular complexity index is 465. The molecule has 0 bridgehead atoms. The summed E-state index contributed by atoms with van der Waals surface area (Å²) in [6.07, 6.45) is 2.09.